The zero-order valence-electron chi connectivity index (χ0n) is 14.1. The lowest BCUT2D eigenvalue weighted by atomic mass is 10.2. The van der Waals surface area contributed by atoms with Crippen LogP contribution >= 0.6 is 0 Å². The molecule has 6 nitrogen and oxygen atoms in total. The zero-order valence-corrected chi connectivity index (χ0v) is 14.1. The molecule has 0 aliphatic carbocycles. The van der Waals surface area contributed by atoms with Gasteiger partial charge in [0.2, 0.25) is 5.95 Å². The molecule has 1 fully saturated rings. The summed E-state index contributed by atoms with van der Waals surface area (Å²) >= 11 is 0. The Hall–Kier alpha value is -2.61. The normalized spacial score (nSPS) is 15.3. The molecular weight excluding hydrogens is 328 g/mol. The van der Waals surface area contributed by atoms with E-state index < -0.39 is 17.5 Å². The van der Waals surface area contributed by atoms with Crippen LogP contribution in [0.3, 0.4) is 0 Å². The number of carbonyl (C=O) groups is 1. The highest BCUT2D eigenvalue weighted by Gasteiger charge is 2.19. The fourth-order valence-corrected chi connectivity index (χ4v) is 2.59. The number of amides is 1. The number of hydrogen-bond donors (Lipinski definition) is 1. The molecule has 1 saturated heterocycles. The fraction of sp³-hybridized carbons (Fsp3) is 0.353. The van der Waals surface area contributed by atoms with Gasteiger partial charge in [0.25, 0.3) is 5.91 Å². The lowest BCUT2D eigenvalue weighted by molar-refractivity contribution is 0.102. The minimum atomic E-state index is -0.835. The van der Waals surface area contributed by atoms with Crippen molar-refractivity contribution >= 4 is 17.5 Å². The van der Waals surface area contributed by atoms with Crippen molar-refractivity contribution < 1.29 is 13.6 Å². The van der Waals surface area contributed by atoms with Gasteiger partial charge in [0.15, 0.2) is 0 Å². The smallest absolute Gasteiger partial charge is 0.274 e. The largest absolute Gasteiger partial charge is 0.338 e. The number of aromatic nitrogens is 2. The molecule has 3 rings (SSSR count). The number of halogens is 2. The van der Waals surface area contributed by atoms with Crippen LogP contribution in [0.25, 0.3) is 0 Å². The second-order valence-electron chi connectivity index (χ2n) is 6.06. The minimum absolute atomic E-state index is 0.0937. The van der Waals surface area contributed by atoms with Crippen LogP contribution in [-0.2, 0) is 0 Å². The van der Waals surface area contributed by atoms with Crippen LogP contribution in [0.2, 0.25) is 0 Å². The third-order valence-electron chi connectivity index (χ3n) is 4.04. The Balaban J connectivity index is 1.80. The van der Waals surface area contributed by atoms with E-state index >= 15 is 0 Å². The molecule has 0 atom stereocenters. The third-order valence-corrected chi connectivity index (χ3v) is 4.04. The Bertz CT molecular complexity index is 791. The maximum atomic E-state index is 13.7. The molecule has 1 amide bonds. The van der Waals surface area contributed by atoms with Crippen molar-refractivity contribution in [3.63, 3.8) is 0 Å². The molecule has 1 N–H and O–H groups in total. The van der Waals surface area contributed by atoms with Gasteiger partial charge in [-0.3, -0.25) is 4.79 Å². The first-order valence-corrected chi connectivity index (χ1v) is 7.98. The van der Waals surface area contributed by atoms with Crippen LogP contribution < -0.4 is 10.2 Å². The lowest BCUT2D eigenvalue weighted by Gasteiger charge is -2.32. The van der Waals surface area contributed by atoms with Crippen molar-refractivity contribution in [2.75, 3.05) is 43.4 Å². The topological polar surface area (TPSA) is 61.4 Å². The predicted molar refractivity (Wildman–Crippen MR) is 90.8 cm³/mol. The van der Waals surface area contributed by atoms with Gasteiger partial charge in [-0.15, -0.1) is 0 Å². The molecule has 2 heterocycles. The highest BCUT2D eigenvalue weighted by molar-refractivity contribution is 6.03. The number of hydrogen-bond acceptors (Lipinski definition) is 5. The Labute approximate surface area is 144 Å². The molecule has 2 aromatic rings. The number of piperazine rings is 1. The number of benzene rings is 1. The summed E-state index contributed by atoms with van der Waals surface area (Å²) in [7, 11) is 2.05. The molecule has 25 heavy (non-hydrogen) atoms. The standard InChI is InChI=1S/C17H19F2N5O/c1-11-9-15(16(25)21-14-4-3-12(18)10-13(14)19)22-17(20-11)24-7-5-23(2)6-8-24/h3-4,9-10H,5-8H2,1-2H3,(H,21,25). The van der Waals surface area contributed by atoms with Crippen molar-refractivity contribution in [1.82, 2.24) is 14.9 Å². The van der Waals surface area contributed by atoms with Crippen molar-refractivity contribution in [3.05, 3.63) is 47.3 Å². The molecule has 0 unspecified atom stereocenters. The summed E-state index contributed by atoms with van der Waals surface area (Å²) in [6.07, 6.45) is 0. The molecule has 1 aliphatic heterocycles. The summed E-state index contributed by atoms with van der Waals surface area (Å²) in [5.74, 6) is -1.62. The summed E-state index contributed by atoms with van der Waals surface area (Å²) in [6, 6.07) is 4.52. The van der Waals surface area contributed by atoms with E-state index in [-0.39, 0.29) is 11.4 Å². The fourth-order valence-electron chi connectivity index (χ4n) is 2.59. The number of nitrogens with zero attached hydrogens (tertiary/aromatic N) is 4. The van der Waals surface area contributed by atoms with Gasteiger partial charge in [-0.1, -0.05) is 0 Å². The summed E-state index contributed by atoms with van der Waals surface area (Å²) in [5.41, 5.74) is 0.697. The zero-order chi connectivity index (χ0) is 18.0. The van der Waals surface area contributed by atoms with Gasteiger partial charge in [0.05, 0.1) is 5.69 Å². The number of aryl methyl sites for hydroxylation is 1. The Morgan fingerprint density at radius 3 is 2.52 bits per heavy atom. The monoisotopic (exact) mass is 347 g/mol. The highest BCUT2D eigenvalue weighted by atomic mass is 19.1. The number of rotatable bonds is 3. The third kappa shape index (κ3) is 4.08. The number of likely N-dealkylation sites (N-methyl/N-ethyl adjacent to an activating group) is 1. The molecule has 0 spiro atoms. The van der Waals surface area contributed by atoms with Crippen LogP contribution in [-0.4, -0.2) is 54.0 Å². The number of nitrogens with one attached hydrogen (secondary N) is 1. The second kappa shape index (κ2) is 7.10. The van der Waals surface area contributed by atoms with Gasteiger partial charge >= 0.3 is 0 Å². The maximum Gasteiger partial charge on any atom is 0.274 e. The Morgan fingerprint density at radius 1 is 1.12 bits per heavy atom. The first-order valence-electron chi connectivity index (χ1n) is 7.98. The molecule has 0 radical (unpaired) electrons. The van der Waals surface area contributed by atoms with Gasteiger partial charge in [-0.05, 0) is 32.2 Å². The van der Waals surface area contributed by atoms with E-state index in [0.29, 0.717) is 11.6 Å². The summed E-state index contributed by atoms with van der Waals surface area (Å²) < 4.78 is 26.7. The predicted octanol–water partition coefficient (Wildman–Crippen LogP) is 2.07. The van der Waals surface area contributed by atoms with Crippen LogP contribution in [0, 0.1) is 18.6 Å². The van der Waals surface area contributed by atoms with Gasteiger partial charge in [0.1, 0.15) is 17.3 Å². The van der Waals surface area contributed by atoms with Crippen LogP contribution in [0.15, 0.2) is 24.3 Å². The first-order chi connectivity index (χ1) is 11.9. The first kappa shape index (κ1) is 17.2. The maximum absolute atomic E-state index is 13.7. The molecule has 8 heteroatoms. The molecular formula is C17H19F2N5O. The van der Waals surface area contributed by atoms with Crippen molar-refractivity contribution in [2.24, 2.45) is 0 Å². The lowest BCUT2D eigenvalue weighted by Crippen LogP contribution is -2.45. The summed E-state index contributed by atoms with van der Waals surface area (Å²) in [4.78, 5) is 25.3. The second-order valence-corrected chi connectivity index (χ2v) is 6.06. The Morgan fingerprint density at radius 2 is 1.84 bits per heavy atom. The molecule has 132 valence electrons. The van der Waals surface area contributed by atoms with Gasteiger partial charge < -0.3 is 15.1 Å². The van der Waals surface area contributed by atoms with Crippen molar-refractivity contribution in [1.29, 1.82) is 0 Å². The molecule has 0 saturated carbocycles. The molecule has 1 aliphatic rings. The summed E-state index contributed by atoms with van der Waals surface area (Å²) in [5, 5.41) is 2.42. The van der Waals surface area contributed by atoms with Crippen molar-refractivity contribution in [2.45, 2.75) is 6.92 Å². The van der Waals surface area contributed by atoms with Crippen LogP contribution in [0.5, 0.6) is 0 Å². The van der Waals surface area contributed by atoms with Gasteiger partial charge in [-0.25, -0.2) is 18.7 Å². The van der Waals surface area contributed by atoms with E-state index in [1.807, 2.05) is 11.9 Å². The molecule has 1 aromatic carbocycles. The van der Waals surface area contributed by atoms with Crippen LogP contribution in [0.4, 0.5) is 20.4 Å². The number of carbonyl (C=O) groups excluding carboxylic acids is 1. The summed E-state index contributed by atoms with van der Waals surface area (Å²) in [6.45, 7) is 5.09. The van der Waals surface area contributed by atoms with E-state index in [9.17, 15) is 13.6 Å². The quantitative estimate of drug-likeness (QED) is 0.921. The SMILES string of the molecule is Cc1cc(C(=O)Nc2ccc(F)cc2F)nc(N2CCN(C)CC2)n1. The molecule has 1 aromatic heterocycles. The van der Waals surface area contributed by atoms with Gasteiger partial charge in [0, 0.05) is 37.9 Å². The van der Waals surface area contributed by atoms with E-state index in [1.54, 1.807) is 6.92 Å². The number of anilines is 2. The van der Waals surface area contributed by atoms with Crippen LogP contribution in [0.1, 0.15) is 16.2 Å². The van der Waals surface area contributed by atoms with E-state index in [1.165, 1.54) is 12.1 Å². The van der Waals surface area contributed by atoms with E-state index in [4.69, 9.17) is 0 Å². The minimum Gasteiger partial charge on any atom is -0.338 e. The van der Waals surface area contributed by atoms with E-state index in [0.717, 1.165) is 38.3 Å². The molecule has 0 bridgehead atoms. The van der Waals surface area contributed by atoms with E-state index in [2.05, 4.69) is 20.2 Å². The average molecular weight is 347 g/mol. The highest BCUT2D eigenvalue weighted by Crippen LogP contribution is 2.17. The Kier molecular flexibility index (Phi) is 4.89. The van der Waals surface area contributed by atoms with Gasteiger partial charge in [-0.2, -0.15) is 0 Å². The average Bonchev–Trinajstić information content (AvgIpc) is 2.57. The van der Waals surface area contributed by atoms with Crippen molar-refractivity contribution in [3.8, 4) is 0 Å².